The van der Waals surface area contributed by atoms with Crippen molar-refractivity contribution in [3.05, 3.63) is 27.3 Å². The van der Waals surface area contributed by atoms with Gasteiger partial charge in [0.25, 0.3) is 0 Å². The molecule has 108 valence electrons. The standard InChI is InChI=1S/C15H17ClFIN2/c1-9-3-2-4-10(5-9)20-14-6-11(17)12(18)7-13(14)19-15(20)8-16/h6-7,9-10H,2-5,8H2,1H3. The number of benzene rings is 1. The summed E-state index contributed by atoms with van der Waals surface area (Å²) in [6.07, 6.45) is 4.77. The lowest BCUT2D eigenvalue weighted by molar-refractivity contribution is 0.283. The van der Waals surface area contributed by atoms with Crippen molar-refractivity contribution in [2.45, 2.75) is 44.5 Å². The van der Waals surface area contributed by atoms with Crippen LogP contribution in [0.15, 0.2) is 12.1 Å². The van der Waals surface area contributed by atoms with Crippen molar-refractivity contribution in [1.29, 1.82) is 0 Å². The van der Waals surface area contributed by atoms with Crippen LogP contribution in [0.5, 0.6) is 0 Å². The Morgan fingerprint density at radius 1 is 1.45 bits per heavy atom. The van der Waals surface area contributed by atoms with Gasteiger partial charge in [-0.3, -0.25) is 0 Å². The van der Waals surface area contributed by atoms with Crippen LogP contribution in [0.25, 0.3) is 11.0 Å². The van der Waals surface area contributed by atoms with Crippen LogP contribution in [0.2, 0.25) is 0 Å². The van der Waals surface area contributed by atoms with E-state index in [2.05, 4.69) is 16.5 Å². The first-order valence-corrected chi connectivity index (χ1v) is 8.63. The number of nitrogens with zero attached hydrogens (tertiary/aromatic N) is 2. The first-order chi connectivity index (χ1) is 9.60. The van der Waals surface area contributed by atoms with Crippen molar-refractivity contribution in [1.82, 2.24) is 9.55 Å². The maximum Gasteiger partial charge on any atom is 0.138 e. The van der Waals surface area contributed by atoms with Crippen molar-refractivity contribution in [3.8, 4) is 0 Å². The Morgan fingerprint density at radius 2 is 2.25 bits per heavy atom. The second-order valence-corrected chi connectivity index (χ2v) is 7.14. The fourth-order valence-electron chi connectivity index (χ4n) is 3.28. The van der Waals surface area contributed by atoms with Crippen LogP contribution in [0, 0.1) is 15.3 Å². The summed E-state index contributed by atoms with van der Waals surface area (Å²) in [5, 5.41) is 0. The Balaban J connectivity index is 2.14. The summed E-state index contributed by atoms with van der Waals surface area (Å²) in [6.45, 7) is 2.29. The SMILES string of the molecule is CC1CCCC(n2c(CCl)nc3cc(I)c(F)cc32)C1. The van der Waals surface area contributed by atoms with E-state index in [9.17, 15) is 4.39 Å². The number of rotatable bonds is 2. The maximum absolute atomic E-state index is 13.9. The fraction of sp³-hybridized carbons (Fsp3) is 0.533. The lowest BCUT2D eigenvalue weighted by Gasteiger charge is -2.29. The molecule has 2 unspecified atom stereocenters. The summed E-state index contributed by atoms with van der Waals surface area (Å²) in [6, 6.07) is 3.82. The molecule has 0 aliphatic heterocycles. The molecule has 0 radical (unpaired) electrons. The zero-order chi connectivity index (χ0) is 14.3. The van der Waals surface area contributed by atoms with Gasteiger partial charge in [-0.15, -0.1) is 11.6 Å². The van der Waals surface area contributed by atoms with E-state index in [4.69, 9.17) is 11.6 Å². The van der Waals surface area contributed by atoms with Crippen molar-refractivity contribution in [3.63, 3.8) is 0 Å². The Bertz CT molecular complexity index is 640. The fourth-order valence-corrected chi connectivity index (χ4v) is 3.92. The molecule has 2 aromatic rings. The average molecular weight is 407 g/mol. The molecule has 0 saturated heterocycles. The molecule has 1 fully saturated rings. The number of alkyl halides is 1. The van der Waals surface area contributed by atoms with E-state index in [1.165, 1.54) is 12.8 Å². The molecule has 3 rings (SSSR count). The Labute approximate surface area is 136 Å². The van der Waals surface area contributed by atoms with E-state index < -0.39 is 0 Å². The molecule has 5 heteroatoms. The molecular weight excluding hydrogens is 390 g/mol. The van der Waals surface area contributed by atoms with Crippen molar-refractivity contribution in [2.24, 2.45) is 5.92 Å². The Morgan fingerprint density at radius 3 is 2.95 bits per heavy atom. The highest BCUT2D eigenvalue weighted by molar-refractivity contribution is 14.1. The van der Waals surface area contributed by atoms with Crippen LogP contribution >= 0.6 is 34.2 Å². The average Bonchev–Trinajstić information content (AvgIpc) is 2.77. The van der Waals surface area contributed by atoms with Gasteiger partial charge in [0.1, 0.15) is 11.6 Å². The quantitative estimate of drug-likeness (QED) is 0.491. The highest BCUT2D eigenvalue weighted by atomic mass is 127. The third kappa shape index (κ3) is 2.56. The predicted molar refractivity (Wildman–Crippen MR) is 88.6 cm³/mol. The van der Waals surface area contributed by atoms with Crippen LogP contribution in [0.1, 0.15) is 44.5 Å². The minimum absolute atomic E-state index is 0.177. The number of hydrogen-bond acceptors (Lipinski definition) is 1. The number of imidazole rings is 1. The molecule has 1 saturated carbocycles. The van der Waals surface area contributed by atoms with Crippen LogP contribution < -0.4 is 0 Å². The van der Waals surface area contributed by atoms with Gasteiger partial charge < -0.3 is 4.57 Å². The number of hydrogen-bond donors (Lipinski definition) is 0. The van der Waals surface area contributed by atoms with Gasteiger partial charge in [0.15, 0.2) is 0 Å². The largest absolute Gasteiger partial charge is 0.324 e. The summed E-state index contributed by atoms with van der Waals surface area (Å²) < 4.78 is 16.7. The Kier molecular flexibility index (Phi) is 4.22. The summed E-state index contributed by atoms with van der Waals surface area (Å²) in [5.41, 5.74) is 1.74. The van der Waals surface area contributed by atoms with E-state index in [1.54, 1.807) is 6.07 Å². The summed E-state index contributed by atoms with van der Waals surface area (Å²) in [5.74, 6) is 1.77. The lowest BCUT2D eigenvalue weighted by Crippen LogP contribution is -2.19. The van der Waals surface area contributed by atoms with E-state index in [1.807, 2.05) is 28.7 Å². The lowest BCUT2D eigenvalue weighted by atomic mass is 9.87. The van der Waals surface area contributed by atoms with Gasteiger partial charge in [-0.1, -0.05) is 19.8 Å². The van der Waals surface area contributed by atoms with Gasteiger partial charge in [-0.25, -0.2) is 9.37 Å². The minimum atomic E-state index is -0.177. The normalized spacial score (nSPS) is 23.4. The third-order valence-corrected chi connectivity index (χ3v) is 5.26. The molecule has 0 bridgehead atoms. The molecule has 1 aliphatic carbocycles. The van der Waals surface area contributed by atoms with E-state index in [0.29, 0.717) is 21.4 Å². The highest BCUT2D eigenvalue weighted by Gasteiger charge is 2.24. The molecule has 1 heterocycles. The smallest absolute Gasteiger partial charge is 0.138 e. The van der Waals surface area contributed by atoms with Gasteiger partial charge in [0.05, 0.1) is 20.5 Å². The molecule has 0 spiro atoms. The molecule has 0 amide bonds. The molecular formula is C15H17ClFIN2. The first kappa shape index (κ1) is 14.6. The van der Waals surface area contributed by atoms with Crippen LogP contribution in [0.4, 0.5) is 4.39 Å². The van der Waals surface area contributed by atoms with Gasteiger partial charge in [0.2, 0.25) is 0 Å². The van der Waals surface area contributed by atoms with Crippen molar-refractivity contribution in [2.75, 3.05) is 0 Å². The summed E-state index contributed by atoms with van der Waals surface area (Å²) in [4.78, 5) is 4.59. The first-order valence-electron chi connectivity index (χ1n) is 7.02. The van der Waals surface area contributed by atoms with Crippen LogP contribution in [-0.2, 0) is 5.88 Å². The number of fused-ring (bicyclic) bond motifs is 1. The summed E-state index contributed by atoms with van der Waals surface area (Å²) >= 11 is 8.07. The van der Waals surface area contributed by atoms with Crippen molar-refractivity contribution < 1.29 is 4.39 Å². The molecule has 2 atom stereocenters. The van der Waals surface area contributed by atoms with Gasteiger partial charge >= 0.3 is 0 Å². The summed E-state index contributed by atoms with van der Waals surface area (Å²) in [7, 11) is 0. The van der Waals surface area contributed by atoms with Crippen LogP contribution in [-0.4, -0.2) is 9.55 Å². The number of aromatic nitrogens is 2. The van der Waals surface area contributed by atoms with Gasteiger partial charge in [0, 0.05) is 12.1 Å². The predicted octanol–water partition coefficient (Wildman–Crippen LogP) is 5.27. The topological polar surface area (TPSA) is 17.8 Å². The second-order valence-electron chi connectivity index (χ2n) is 5.71. The molecule has 2 nitrogen and oxygen atoms in total. The Hall–Kier alpha value is -0.360. The zero-order valence-electron chi connectivity index (χ0n) is 11.4. The van der Waals surface area contributed by atoms with Crippen LogP contribution in [0.3, 0.4) is 0 Å². The molecule has 1 aromatic heterocycles. The van der Waals surface area contributed by atoms with E-state index in [-0.39, 0.29) is 5.82 Å². The van der Waals surface area contributed by atoms with Crippen molar-refractivity contribution >= 4 is 45.2 Å². The molecule has 20 heavy (non-hydrogen) atoms. The van der Waals surface area contributed by atoms with E-state index >= 15 is 0 Å². The van der Waals surface area contributed by atoms with Gasteiger partial charge in [-0.05, 0) is 47.4 Å². The van der Waals surface area contributed by atoms with Gasteiger partial charge in [-0.2, -0.15) is 0 Å². The minimum Gasteiger partial charge on any atom is -0.324 e. The number of halogens is 3. The molecule has 0 N–H and O–H groups in total. The zero-order valence-corrected chi connectivity index (χ0v) is 14.3. The second kappa shape index (κ2) is 5.79. The molecule has 1 aromatic carbocycles. The molecule has 1 aliphatic rings. The third-order valence-electron chi connectivity index (χ3n) is 4.20. The highest BCUT2D eigenvalue weighted by Crippen LogP contribution is 2.36. The monoisotopic (exact) mass is 406 g/mol. The van der Waals surface area contributed by atoms with E-state index in [0.717, 1.165) is 29.7 Å². The maximum atomic E-state index is 13.9.